The van der Waals surface area contributed by atoms with Gasteiger partial charge in [-0.15, -0.1) is 0 Å². The van der Waals surface area contributed by atoms with Gasteiger partial charge in [0, 0.05) is 4.47 Å². The van der Waals surface area contributed by atoms with E-state index < -0.39 is 29.9 Å². The van der Waals surface area contributed by atoms with E-state index in [2.05, 4.69) is 15.9 Å². The van der Waals surface area contributed by atoms with Crippen molar-refractivity contribution in [3.63, 3.8) is 0 Å². The van der Waals surface area contributed by atoms with Crippen molar-refractivity contribution < 1.29 is 33.3 Å². The summed E-state index contributed by atoms with van der Waals surface area (Å²) < 4.78 is 37.5. The molecule has 0 aliphatic carbocycles. The third-order valence-electron chi connectivity index (χ3n) is 2.14. The Bertz CT molecular complexity index is 461. The fraction of sp³-hybridized carbons (Fsp3) is 0.300. The molecular formula is C10H8BrF3O4. The Hall–Kier alpha value is -1.12. The van der Waals surface area contributed by atoms with E-state index in [4.69, 9.17) is 10.2 Å². The quantitative estimate of drug-likeness (QED) is 0.792. The molecule has 0 amide bonds. The van der Waals surface area contributed by atoms with Crippen molar-refractivity contribution in [3.05, 3.63) is 33.8 Å². The highest BCUT2D eigenvalue weighted by Gasteiger charge is 2.33. The number of hydrogen-bond acceptors (Lipinski definition) is 3. The molecule has 0 spiro atoms. The standard InChI is InChI=1S/C10H8BrF3O4/c11-6-2-4(7(15)8(16)9(17)18)1-5(3-6)10(12,13)14/h1-3,7-8,15-16H,(H,17,18). The number of hydrogen-bond donors (Lipinski definition) is 3. The minimum Gasteiger partial charge on any atom is -0.479 e. The molecular weight excluding hydrogens is 321 g/mol. The fourth-order valence-electron chi connectivity index (χ4n) is 1.26. The first-order valence-electron chi connectivity index (χ1n) is 4.59. The molecule has 0 bridgehead atoms. The van der Waals surface area contributed by atoms with Crippen molar-refractivity contribution in [2.24, 2.45) is 0 Å². The number of carboxylic acid groups (broad SMARTS) is 1. The van der Waals surface area contributed by atoms with Gasteiger partial charge in [-0.3, -0.25) is 0 Å². The predicted octanol–water partition coefficient (Wildman–Crippen LogP) is 1.95. The van der Waals surface area contributed by atoms with E-state index in [-0.39, 0.29) is 10.0 Å². The molecule has 0 aliphatic heterocycles. The second-order valence-electron chi connectivity index (χ2n) is 3.50. The van der Waals surface area contributed by atoms with Crippen LogP contribution in [0.15, 0.2) is 22.7 Å². The molecule has 3 N–H and O–H groups in total. The third-order valence-corrected chi connectivity index (χ3v) is 2.60. The van der Waals surface area contributed by atoms with Crippen molar-refractivity contribution in [2.75, 3.05) is 0 Å². The van der Waals surface area contributed by atoms with E-state index in [1.807, 2.05) is 0 Å². The molecule has 1 rings (SSSR count). The molecule has 4 nitrogen and oxygen atoms in total. The van der Waals surface area contributed by atoms with E-state index in [0.717, 1.165) is 12.1 Å². The number of aliphatic hydroxyl groups excluding tert-OH is 2. The molecule has 8 heteroatoms. The summed E-state index contributed by atoms with van der Waals surface area (Å²) >= 11 is 2.82. The average Bonchev–Trinajstić information content (AvgIpc) is 2.24. The van der Waals surface area contributed by atoms with E-state index in [0.29, 0.717) is 6.07 Å². The Morgan fingerprint density at radius 2 is 1.78 bits per heavy atom. The Kier molecular flexibility index (Phi) is 4.36. The van der Waals surface area contributed by atoms with Crippen molar-refractivity contribution in [1.82, 2.24) is 0 Å². The van der Waals surface area contributed by atoms with Crippen LogP contribution in [0.5, 0.6) is 0 Å². The number of alkyl halides is 3. The summed E-state index contributed by atoms with van der Waals surface area (Å²) in [7, 11) is 0. The highest BCUT2D eigenvalue weighted by atomic mass is 79.9. The molecule has 0 saturated carbocycles. The smallest absolute Gasteiger partial charge is 0.416 e. The molecule has 100 valence electrons. The number of halogens is 4. The van der Waals surface area contributed by atoms with Crippen molar-refractivity contribution in [3.8, 4) is 0 Å². The van der Waals surface area contributed by atoms with Crippen LogP contribution in [-0.2, 0) is 11.0 Å². The first-order valence-corrected chi connectivity index (χ1v) is 5.39. The molecule has 0 fully saturated rings. The number of carboxylic acids is 1. The average molecular weight is 329 g/mol. The molecule has 0 aromatic heterocycles. The zero-order chi connectivity index (χ0) is 14.1. The van der Waals surface area contributed by atoms with Crippen LogP contribution in [-0.4, -0.2) is 27.4 Å². The first kappa shape index (κ1) is 14.9. The summed E-state index contributed by atoms with van der Waals surface area (Å²) in [5.41, 5.74) is -1.39. The number of benzene rings is 1. The Balaban J connectivity index is 3.18. The summed E-state index contributed by atoms with van der Waals surface area (Å²) in [5.74, 6) is -1.73. The zero-order valence-corrected chi connectivity index (χ0v) is 10.2. The molecule has 0 aliphatic rings. The number of rotatable bonds is 3. The molecule has 2 atom stereocenters. The lowest BCUT2D eigenvalue weighted by atomic mass is 10.0. The fourth-order valence-corrected chi connectivity index (χ4v) is 1.78. The van der Waals surface area contributed by atoms with Gasteiger partial charge in [0.2, 0.25) is 0 Å². The van der Waals surface area contributed by atoms with Gasteiger partial charge >= 0.3 is 12.1 Å². The SMILES string of the molecule is O=C(O)C(O)C(O)c1cc(Br)cc(C(F)(F)F)c1. The lowest BCUT2D eigenvalue weighted by Crippen LogP contribution is -2.27. The van der Waals surface area contributed by atoms with Gasteiger partial charge in [-0.05, 0) is 23.8 Å². The van der Waals surface area contributed by atoms with Crippen molar-refractivity contribution >= 4 is 21.9 Å². The summed E-state index contributed by atoms with van der Waals surface area (Å²) in [4.78, 5) is 10.4. The Morgan fingerprint density at radius 1 is 1.22 bits per heavy atom. The third kappa shape index (κ3) is 3.44. The van der Waals surface area contributed by atoms with Crippen molar-refractivity contribution in [1.29, 1.82) is 0 Å². The second kappa shape index (κ2) is 5.25. The molecule has 2 unspecified atom stereocenters. The molecule has 18 heavy (non-hydrogen) atoms. The summed E-state index contributed by atoms with van der Waals surface area (Å²) in [6, 6.07) is 2.47. The maximum Gasteiger partial charge on any atom is 0.416 e. The van der Waals surface area contributed by atoms with Gasteiger partial charge in [-0.25, -0.2) is 4.79 Å². The Morgan fingerprint density at radius 3 is 2.22 bits per heavy atom. The summed E-state index contributed by atoms with van der Waals surface area (Å²) in [6.07, 6.45) is -8.77. The van der Waals surface area contributed by atoms with Crippen LogP contribution in [0.1, 0.15) is 17.2 Å². The maximum absolute atomic E-state index is 12.5. The normalized spacial score (nSPS) is 15.2. The van der Waals surface area contributed by atoms with E-state index in [1.165, 1.54) is 0 Å². The van der Waals surface area contributed by atoms with E-state index in [1.54, 1.807) is 0 Å². The molecule has 0 saturated heterocycles. The van der Waals surface area contributed by atoms with Crippen LogP contribution in [0.2, 0.25) is 0 Å². The maximum atomic E-state index is 12.5. The number of carbonyl (C=O) groups is 1. The van der Waals surface area contributed by atoms with Crippen molar-refractivity contribution in [2.45, 2.75) is 18.4 Å². The van der Waals surface area contributed by atoms with Crippen LogP contribution >= 0.6 is 15.9 Å². The van der Waals surface area contributed by atoms with Gasteiger partial charge in [0.05, 0.1) is 5.56 Å². The van der Waals surface area contributed by atoms with Crippen LogP contribution in [0.25, 0.3) is 0 Å². The minimum absolute atomic E-state index is 0.0176. The minimum atomic E-state index is -4.63. The second-order valence-corrected chi connectivity index (χ2v) is 4.41. The van der Waals surface area contributed by atoms with Gasteiger partial charge in [-0.1, -0.05) is 15.9 Å². The van der Waals surface area contributed by atoms with E-state index >= 15 is 0 Å². The van der Waals surface area contributed by atoms with Gasteiger partial charge in [0.15, 0.2) is 6.10 Å². The molecule has 1 aromatic rings. The highest BCUT2D eigenvalue weighted by Crippen LogP contribution is 2.33. The first-order chi connectivity index (χ1) is 8.12. The van der Waals surface area contributed by atoms with Crippen LogP contribution in [0.3, 0.4) is 0 Å². The molecule has 1 aromatic carbocycles. The summed E-state index contributed by atoms with van der Waals surface area (Å²) in [6.45, 7) is 0. The zero-order valence-electron chi connectivity index (χ0n) is 8.65. The van der Waals surface area contributed by atoms with E-state index in [9.17, 15) is 23.1 Å². The van der Waals surface area contributed by atoms with Gasteiger partial charge in [0.1, 0.15) is 6.10 Å². The number of aliphatic carboxylic acids is 1. The molecule has 0 heterocycles. The molecule has 0 radical (unpaired) electrons. The van der Waals surface area contributed by atoms with Gasteiger partial charge < -0.3 is 15.3 Å². The number of aliphatic hydroxyl groups is 2. The Labute approximate surface area is 108 Å². The van der Waals surface area contributed by atoms with Gasteiger partial charge in [0.25, 0.3) is 0 Å². The van der Waals surface area contributed by atoms with Crippen LogP contribution in [0.4, 0.5) is 13.2 Å². The monoisotopic (exact) mass is 328 g/mol. The lowest BCUT2D eigenvalue weighted by molar-refractivity contribution is -0.153. The highest BCUT2D eigenvalue weighted by molar-refractivity contribution is 9.10. The predicted molar refractivity (Wildman–Crippen MR) is 57.7 cm³/mol. The topological polar surface area (TPSA) is 77.8 Å². The van der Waals surface area contributed by atoms with Crippen LogP contribution in [0, 0.1) is 0 Å². The largest absolute Gasteiger partial charge is 0.479 e. The summed E-state index contributed by atoms with van der Waals surface area (Å²) in [5, 5.41) is 27.0. The van der Waals surface area contributed by atoms with Gasteiger partial charge in [-0.2, -0.15) is 13.2 Å². The lowest BCUT2D eigenvalue weighted by Gasteiger charge is -2.16. The van der Waals surface area contributed by atoms with Crippen LogP contribution < -0.4 is 0 Å².